The predicted molar refractivity (Wildman–Crippen MR) is 79.3 cm³/mol. The molecule has 0 heterocycles. The normalized spacial score (nSPS) is 24.2. The molecule has 1 aromatic carbocycles. The number of benzene rings is 1. The van der Waals surface area contributed by atoms with Gasteiger partial charge in [0.2, 0.25) is 11.5 Å². The van der Waals surface area contributed by atoms with Crippen LogP contribution in [0.15, 0.2) is 30.3 Å². The summed E-state index contributed by atoms with van der Waals surface area (Å²) in [7, 11) is 0. The molecule has 7 heteroatoms. The first-order chi connectivity index (χ1) is 10.8. The van der Waals surface area contributed by atoms with E-state index in [1.807, 2.05) is 0 Å². The second-order valence-electron chi connectivity index (χ2n) is 5.98. The summed E-state index contributed by atoms with van der Waals surface area (Å²) in [5.41, 5.74) is 2.19. The van der Waals surface area contributed by atoms with Crippen LogP contribution in [0.25, 0.3) is 0 Å². The van der Waals surface area contributed by atoms with Crippen molar-refractivity contribution in [3.8, 4) is 0 Å². The smallest absolute Gasteiger partial charge is 0.375 e. The van der Waals surface area contributed by atoms with Gasteiger partial charge in [0.15, 0.2) is 0 Å². The average Bonchev–Trinajstić information content (AvgIpc) is 3.00. The Morgan fingerprint density at radius 1 is 1.26 bits per heavy atom. The van der Waals surface area contributed by atoms with Gasteiger partial charge >= 0.3 is 6.18 Å². The molecule has 0 spiro atoms. The number of hydrogen-bond acceptors (Lipinski definition) is 3. The summed E-state index contributed by atoms with van der Waals surface area (Å²) in [6.07, 6.45) is -2.65. The average molecular weight is 330 g/mol. The van der Waals surface area contributed by atoms with Crippen molar-refractivity contribution in [1.29, 1.82) is 0 Å². The topological polar surface area (TPSA) is 75.4 Å². The van der Waals surface area contributed by atoms with E-state index < -0.39 is 24.2 Å². The van der Waals surface area contributed by atoms with Crippen molar-refractivity contribution in [3.63, 3.8) is 0 Å². The van der Waals surface area contributed by atoms with E-state index in [9.17, 15) is 23.1 Å². The maximum atomic E-state index is 13.3. The van der Waals surface area contributed by atoms with Crippen molar-refractivity contribution in [2.45, 2.75) is 31.0 Å². The van der Waals surface area contributed by atoms with E-state index in [1.54, 1.807) is 6.07 Å². The predicted octanol–water partition coefficient (Wildman–Crippen LogP) is 1.93. The zero-order valence-electron chi connectivity index (χ0n) is 12.6. The molecule has 0 bridgehead atoms. The molecule has 128 valence electrons. The Balaban J connectivity index is 2.12. The minimum Gasteiger partial charge on any atom is -0.375 e. The van der Waals surface area contributed by atoms with Crippen LogP contribution in [-0.4, -0.2) is 30.3 Å². The lowest BCUT2D eigenvalue weighted by Gasteiger charge is -2.31. The van der Waals surface area contributed by atoms with Gasteiger partial charge in [-0.3, -0.25) is 4.79 Å². The molecule has 1 aromatic rings. The maximum absolute atomic E-state index is 13.3. The highest BCUT2D eigenvalue weighted by molar-refractivity contribution is 5.79. The minimum atomic E-state index is -4.90. The Morgan fingerprint density at radius 3 is 2.48 bits per heavy atom. The molecule has 4 nitrogen and oxygen atoms in total. The summed E-state index contributed by atoms with van der Waals surface area (Å²) in [5, 5.41) is 12.4. The van der Waals surface area contributed by atoms with E-state index in [4.69, 9.17) is 5.73 Å². The molecule has 1 fully saturated rings. The molecule has 23 heavy (non-hydrogen) atoms. The van der Waals surface area contributed by atoms with Crippen molar-refractivity contribution in [3.05, 3.63) is 35.9 Å². The largest absolute Gasteiger partial charge is 0.423 e. The highest BCUT2D eigenvalue weighted by Gasteiger charge is 2.55. The highest BCUT2D eigenvalue weighted by atomic mass is 19.4. The molecular weight excluding hydrogens is 309 g/mol. The molecule has 1 aliphatic rings. The van der Waals surface area contributed by atoms with Crippen LogP contribution in [0.3, 0.4) is 0 Å². The van der Waals surface area contributed by atoms with Crippen LogP contribution >= 0.6 is 0 Å². The molecule has 1 aliphatic carbocycles. The monoisotopic (exact) mass is 330 g/mol. The first-order valence-electron chi connectivity index (χ1n) is 7.62. The number of rotatable bonds is 5. The van der Waals surface area contributed by atoms with Crippen molar-refractivity contribution in [2.24, 2.45) is 17.6 Å². The van der Waals surface area contributed by atoms with Crippen LogP contribution in [0.4, 0.5) is 13.2 Å². The van der Waals surface area contributed by atoms with E-state index in [2.05, 4.69) is 5.32 Å². The van der Waals surface area contributed by atoms with E-state index >= 15 is 0 Å². The molecule has 0 radical (unpaired) electrons. The minimum absolute atomic E-state index is 0.00861. The number of aliphatic hydroxyl groups is 1. The number of alkyl halides is 3. The quantitative estimate of drug-likeness (QED) is 0.772. The number of amides is 1. The molecular formula is C16H21F3N2O2. The van der Waals surface area contributed by atoms with Crippen LogP contribution < -0.4 is 11.1 Å². The molecule has 1 unspecified atom stereocenters. The van der Waals surface area contributed by atoms with E-state index in [0.29, 0.717) is 13.0 Å². The Hall–Kier alpha value is -1.60. The van der Waals surface area contributed by atoms with Crippen molar-refractivity contribution < 1.29 is 23.1 Å². The summed E-state index contributed by atoms with van der Waals surface area (Å²) < 4.78 is 40.0. The number of nitrogens with two attached hydrogens (primary N) is 1. The summed E-state index contributed by atoms with van der Waals surface area (Å²) >= 11 is 0. The van der Waals surface area contributed by atoms with E-state index in [1.165, 1.54) is 24.3 Å². The first kappa shape index (κ1) is 17.7. The molecule has 0 aromatic heterocycles. The van der Waals surface area contributed by atoms with Gasteiger partial charge in [0, 0.05) is 5.92 Å². The van der Waals surface area contributed by atoms with Crippen LogP contribution in [0.1, 0.15) is 24.8 Å². The Bertz CT molecular complexity index is 536. The number of nitrogens with one attached hydrogen (secondary N) is 1. The lowest BCUT2D eigenvalue weighted by molar-refractivity contribution is -0.264. The SMILES string of the molecule is NC[C@H]1CCC[C@H]1C(=O)NCC(O)(c1ccccc1)C(F)(F)F. The number of hydrogen-bond donors (Lipinski definition) is 3. The first-order valence-corrected chi connectivity index (χ1v) is 7.62. The molecule has 0 saturated heterocycles. The van der Waals surface area contributed by atoms with Crippen molar-refractivity contribution in [1.82, 2.24) is 5.32 Å². The lowest BCUT2D eigenvalue weighted by Crippen LogP contribution is -2.52. The summed E-state index contributed by atoms with van der Waals surface area (Å²) in [6, 6.07) is 6.77. The lowest BCUT2D eigenvalue weighted by atomic mass is 9.91. The van der Waals surface area contributed by atoms with Crippen LogP contribution in [0.5, 0.6) is 0 Å². The molecule has 2 rings (SSSR count). The van der Waals surface area contributed by atoms with Gasteiger partial charge in [-0.25, -0.2) is 0 Å². The second kappa shape index (κ2) is 6.88. The Kier molecular flexibility index (Phi) is 5.31. The summed E-state index contributed by atoms with van der Waals surface area (Å²) in [5.74, 6) is -0.865. The van der Waals surface area contributed by atoms with Crippen molar-refractivity contribution >= 4 is 5.91 Å². The van der Waals surface area contributed by atoms with Crippen LogP contribution in [-0.2, 0) is 10.4 Å². The molecule has 1 saturated carbocycles. The van der Waals surface area contributed by atoms with Gasteiger partial charge in [-0.1, -0.05) is 36.8 Å². The van der Waals surface area contributed by atoms with Gasteiger partial charge in [-0.15, -0.1) is 0 Å². The number of carbonyl (C=O) groups excluding carboxylic acids is 1. The van der Waals surface area contributed by atoms with Gasteiger partial charge in [0.05, 0.1) is 6.54 Å². The second-order valence-corrected chi connectivity index (χ2v) is 5.98. The van der Waals surface area contributed by atoms with Gasteiger partial charge in [-0.2, -0.15) is 13.2 Å². The molecule has 4 N–H and O–H groups in total. The van der Waals surface area contributed by atoms with Crippen LogP contribution in [0.2, 0.25) is 0 Å². The van der Waals surface area contributed by atoms with Crippen LogP contribution in [0, 0.1) is 11.8 Å². The third-order valence-corrected chi connectivity index (χ3v) is 4.54. The zero-order chi connectivity index (χ0) is 17.1. The zero-order valence-corrected chi connectivity index (χ0v) is 12.6. The highest BCUT2D eigenvalue weighted by Crippen LogP contribution is 2.39. The van der Waals surface area contributed by atoms with Gasteiger partial charge < -0.3 is 16.2 Å². The Morgan fingerprint density at radius 2 is 1.91 bits per heavy atom. The van der Waals surface area contributed by atoms with Crippen molar-refractivity contribution in [2.75, 3.05) is 13.1 Å². The molecule has 3 atom stereocenters. The standard InChI is InChI=1S/C16H21F3N2O2/c17-16(18,19)15(23,12-6-2-1-3-7-12)10-21-14(22)13-8-4-5-11(13)9-20/h1-3,6-7,11,13,23H,4-5,8-10,20H2,(H,21,22)/t11-,13-,15?/m1/s1. The molecule has 0 aliphatic heterocycles. The fraction of sp³-hybridized carbons (Fsp3) is 0.562. The van der Waals surface area contributed by atoms with Gasteiger partial charge in [0.25, 0.3) is 0 Å². The fourth-order valence-electron chi connectivity index (χ4n) is 3.09. The molecule has 1 amide bonds. The number of carbonyl (C=O) groups is 1. The third kappa shape index (κ3) is 3.67. The van der Waals surface area contributed by atoms with Gasteiger partial charge in [0.1, 0.15) is 0 Å². The third-order valence-electron chi connectivity index (χ3n) is 4.54. The summed E-state index contributed by atoms with van der Waals surface area (Å²) in [6.45, 7) is -0.576. The maximum Gasteiger partial charge on any atom is 0.423 e. The van der Waals surface area contributed by atoms with E-state index in [-0.39, 0.29) is 17.4 Å². The summed E-state index contributed by atoms with van der Waals surface area (Å²) in [4.78, 5) is 12.2. The fourth-order valence-corrected chi connectivity index (χ4v) is 3.09. The number of halogens is 3. The Labute approximate surface area is 132 Å². The van der Waals surface area contributed by atoms with Gasteiger partial charge in [-0.05, 0) is 30.9 Å². The van der Waals surface area contributed by atoms with E-state index in [0.717, 1.165) is 12.8 Å².